The number of nitrogens with two attached hydrogens (primary N) is 1. The number of anilines is 1. The molecular weight excluding hydrogens is 466 g/mol. The molecule has 1 heterocycles. The second-order valence-corrected chi connectivity index (χ2v) is 8.62. The number of hydrogen-bond acceptors (Lipinski definition) is 9. The summed E-state index contributed by atoms with van der Waals surface area (Å²) in [5.74, 6) is 13.7. The Morgan fingerprint density at radius 1 is 0.917 bits per heavy atom. The number of ether oxygens (including phenoxy) is 4. The molecule has 0 aliphatic heterocycles. The summed E-state index contributed by atoms with van der Waals surface area (Å²) >= 11 is 0. The Kier molecular flexibility index (Phi) is 12.3. The van der Waals surface area contributed by atoms with Crippen LogP contribution in [0.4, 0.5) is 10.6 Å². The van der Waals surface area contributed by atoms with Crippen LogP contribution in [-0.4, -0.2) is 76.3 Å². The van der Waals surface area contributed by atoms with Crippen molar-refractivity contribution in [3.05, 3.63) is 23.9 Å². The van der Waals surface area contributed by atoms with Crippen molar-refractivity contribution in [2.24, 2.45) is 23.6 Å². The van der Waals surface area contributed by atoms with Crippen molar-refractivity contribution in [1.29, 1.82) is 0 Å². The Bertz CT molecular complexity index is 854. The first-order chi connectivity index (χ1) is 17.7. The minimum Gasteiger partial charge on any atom is -0.449 e. The van der Waals surface area contributed by atoms with Gasteiger partial charge in [0, 0.05) is 32.1 Å². The van der Waals surface area contributed by atoms with Crippen molar-refractivity contribution >= 4 is 17.8 Å². The van der Waals surface area contributed by atoms with E-state index in [0.29, 0.717) is 88.5 Å². The first-order valence-corrected chi connectivity index (χ1v) is 12.5. The smallest absolute Gasteiger partial charge is 0.407 e. The molecule has 2 aliphatic rings. The fourth-order valence-electron chi connectivity index (χ4n) is 4.22. The lowest BCUT2D eigenvalue weighted by atomic mass is 10.1. The van der Waals surface area contributed by atoms with Crippen molar-refractivity contribution in [2.45, 2.75) is 25.7 Å². The van der Waals surface area contributed by atoms with Gasteiger partial charge in [0.15, 0.2) is 0 Å². The zero-order valence-electron chi connectivity index (χ0n) is 20.6. The van der Waals surface area contributed by atoms with E-state index in [-0.39, 0.29) is 5.91 Å². The highest BCUT2D eigenvalue weighted by Crippen LogP contribution is 2.52. The summed E-state index contributed by atoms with van der Waals surface area (Å²) in [5.41, 5.74) is 2.85. The van der Waals surface area contributed by atoms with E-state index >= 15 is 0 Å². The van der Waals surface area contributed by atoms with Gasteiger partial charge in [-0.15, -0.1) is 11.8 Å². The number of hydrazine groups is 1. The van der Waals surface area contributed by atoms with Gasteiger partial charge in [-0.25, -0.2) is 15.6 Å². The molecule has 198 valence electrons. The standard InChI is InChI=1S/C25H37N5O6/c26-30-23-8-7-19(17-29-23)24(31)27-9-11-33-13-15-35-16-14-34-12-10-28-25(32)36-18-22-20-5-3-1-2-4-6-21(20)22/h7-8,17,20-22H,3-6,9-16,18,26H2,(H,27,31)(H,28,32)(H,29,30). The molecule has 2 aliphatic carbocycles. The maximum absolute atomic E-state index is 12.0. The van der Waals surface area contributed by atoms with Crippen LogP contribution in [0.25, 0.3) is 0 Å². The van der Waals surface area contributed by atoms with Crippen molar-refractivity contribution in [3.8, 4) is 11.8 Å². The van der Waals surface area contributed by atoms with Crippen LogP contribution in [0, 0.1) is 29.6 Å². The number of alkyl carbamates (subject to hydrolysis) is 1. The molecule has 11 nitrogen and oxygen atoms in total. The third-order valence-corrected chi connectivity index (χ3v) is 6.21. The molecule has 3 rings (SSSR count). The summed E-state index contributed by atoms with van der Waals surface area (Å²) in [7, 11) is 0. The Morgan fingerprint density at radius 2 is 1.53 bits per heavy atom. The molecular formula is C25H37N5O6. The van der Waals surface area contributed by atoms with E-state index in [1.807, 2.05) is 0 Å². The van der Waals surface area contributed by atoms with E-state index in [1.165, 1.54) is 6.20 Å². The third kappa shape index (κ3) is 9.99. The molecule has 1 saturated carbocycles. The third-order valence-electron chi connectivity index (χ3n) is 6.21. The Hall–Kier alpha value is -2.91. The predicted octanol–water partition coefficient (Wildman–Crippen LogP) is 1.31. The van der Waals surface area contributed by atoms with Gasteiger partial charge in [-0.1, -0.05) is 0 Å². The van der Waals surface area contributed by atoms with Gasteiger partial charge in [0.1, 0.15) is 5.82 Å². The van der Waals surface area contributed by atoms with Gasteiger partial charge in [-0.05, 0) is 42.7 Å². The summed E-state index contributed by atoms with van der Waals surface area (Å²) in [4.78, 5) is 27.8. The lowest BCUT2D eigenvalue weighted by Gasteiger charge is -2.09. The van der Waals surface area contributed by atoms with E-state index in [2.05, 4.69) is 32.9 Å². The molecule has 0 aromatic carbocycles. The topological polar surface area (TPSA) is 146 Å². The van der Waals surface area contributed by atoms with E-state index in [0.717, 1.165) is 25.7 Å². The molecule has 1 aromatic heterocycles. The predicted molar refractivity (Wildman–Crippen MR) is 133 cm³/mol. The van der Waals surface area contributed by atoms with Gasteiger partial charge in [0.05, 0.1) is 51.8 Å². The summed E-state index contributed by atoms with van der Waals surface area (Å²) in [5, 5.41) is 5.46. The number of rotatable bonds is 16. The van der Waals surface area contributed by atoms with Crippen LogP contribution < -0.4 is 21.9 Å². The number of fused-ring (bicyclic) bond motifs is 1. The number of hydrogen-bond donors (Lipinski definition) is 4. The normalized spacial score (nSPS) is 20.1. The SMILES string of the molecule is NNc1ccc(C(=O)NCCOCCOCCOCCNC(=O)OCC2C3CCC#CCCC32)cn1. The van der Waals surface area contributed by atoms with Crippen molar-refractivity contribution in [1.82, 2.24) is 15.6 Å². The van der Waals surface area contributed by atoms with Crippen LogP contribution in [0.5, 0.6) is 0 Å². The van der Waals surface area contributed by atoms with Crippen molar-refractivity contribution in [2.75, 3.05) is 64.8 Å². The highest BCUT2D eigenvalue weighted by Gasteiger charge is 2.49. The van der Waals surface area contributed by atoms with Crippen LogP contribution in [-0.2, 0) is 18.9 Å². The maximum atomic E-state index is 12.0. The summed E-state index contributed by atoms with van der Waals surface area (Å²) in [6.45, 7) is 3.72. The second kappa shape index (κ2) is 16.0. The molecule has 11 heteroatoms. The van der Waals surface area contributed by atoms with E-state index in [4.69, 9.17) is 24.8 Å². The van der Waals surface area contributed by atoms with Gasteiger partial charge in [0.25, 0.3) is 5.91 Å². The summed E-state index contributed by atoms with van der Waals surface area (Å²) < 4.78 is 21.7. The Labute approximate surface area is 212 Å². The molecule has 0 spiro atoms. The first kappa shape index (κ1) is 27.7. The molecule has 1 fully saturated rings. The molecule has 5 N–H and O–H groups in total. The van der Waals surface area contributed by atoms with Crippen LogP contribution in [0.1, 0.15) is 36.0 Å². The largest absolute Gasteiger partial charge is 0.449 e. The van der Waals surface area contributed by atoms with Crippen molar-refractivity contribution < 1.29 is 28.5 Å². The number of amides is 2. The Morgan fingerprint density at radius 3 is 2.11 bits per heavy atom. The molecule has 0 saturated heterocycles. The number of carbonyl (C=O) groups is 2. The zero-order valence-corrected chi connectivity index (χ0v) is 20.6. The minimum absolute atomic E-state index is 0.229. The van der Waals surface area contributed by atoms with Gasteiger partial charge in [-0.3, -0.25) is 4.79 Å². The van der Waals surface area contributed by atoms with E-state index in [1.54, 1.807) is 12.1 Å². The number of nitrogens with zero attached hydrogens (tertiary/aromatic N) is 1. The fourth-order valence-corrected chi connectivity index (χ4v) is 4.22. The molecule has 2 amide bonds. The average molecular weight is 504 g/mol. The highest BCUT2D eigenvalue weighted by molar-refractivity contribution is 5.94. The number of nitrogens with one attached hydrogen (secondary N) is 3. The van der Waals surface area contributed by atoms with Gasteiger partial charge in [0.2, 0.25) is 0 Å². The van der Waals surface area contributed by atoms with Crippen LogP contribution >= 0.6 is 0 Å². The monoisotopic (exact) mass is 503 g/mol. The second-order valence-electron chi connectivity index (χ2n) is 8.62. The average Bonchev–Trinajstić information content (AvgIpc) is 3.54. The molecule has 2 atom stereocenters. The van der Waals surface area contributed by atoms with E-state index in [9.17, 15) is 9.59 Å². The minimum atomic E-state index is -0.392. The van der Waals surface area contributed by atoms with Crippen LogP contribution in [0.2, 0.25) is 0 Å². The molecule has 1 aromatic rings. The number of carbonyl (C=O) groups excluding carboxylic acids is 2. The fraction of sp³-hybridized carbons (Fsp3) is 0.640. The zero-order chi connectivity index (χ0) is 25.4. The highest BCUT2D eigenvalue weighted by atomic mass is 16.6. The lowest BCUT2D eigenvalue weighted by molar-refractivity contribution is 0.0156. The first-order valence-electron chi connectivity index (χ1n) is 12.5. The maximum Gasteiger partial charge on any atom is 0.407 e. The molecule has 36 heavy (non-hydrogen) atoms. The van der Waals surface area contributed by atoms with Gasteiger partial charge < -0.3 is 35.0 Å². The Balaban J connectivity index is 1.05. The molecule has 0 radical (unpaired) electrons. The van der Waals surface area contributed by atoms with Gasteiger partial charge in [-0.2, -0.15) is 0 Å². The quantitative estimate of drug-likeness (QED) is 0.113. The van der Waals surface area contributed by atoms with Crippen LogP contribution in [0.3, 0.4) is 0 Å². The molecule has 2 unspecified atom stereocenters. The summed E-state index contributed by atoms with van der Waals surface area (Å²) in [6.07, 6.45) is 5.21. The summed E-state index contributed by atoms with van der Waals surface area (Å²) in [6, 6.07) is 3.25. The number of aromatic nitrogens is 1. The number of pyridine rings is 1. The van der Waals surface area contributed by atoms with Gasteiger partial charge >= 0.3 is 6.09 Å². The van der Waals surface area contributed by atoms with Crippen LogP contribution in [0.15, 0.2) is 18.3 Å². The number of nitrogen functional groups attached to an aromatic ring is 1. The van der Waals surface area contributed by atoms with Crippen molar-refractivity contribution in [3.63, 3.8) is 0 Å². The van der Waals surface area contributed by atoms with E-state index < -0.39 is 6.09 Å². The molecule has 0 bridgehead atoms. The lowest BCUT2D eigenvalue weighted by Crippen LogP contribution is -2.29.